The van der Waals surface area contributed by atoms with E-state index in [0.717, 1.165) is 6.20 Å². The Morgan fingerprint density at radius 3 is 2.50 bits per heavy atom. The molecule has 1 aromatic rings. The molecule has 2 heterocycles. The van der Waals surface area contributed by atoms with Crippen molar-refractivity contribution in [1.29, 1.82) is 0 Å². The van der Waals surface area contributed by atoms with Crippen molar-refractivity contribution in [2.45, 2.75) is 43.8 Å². The lowest BCUT2D eigenvalue weighted by molar-refractivity contribution is -0.191. The van der Waals surface area contributed by atoms with Crippen molar-refractivity contribution >= 4 is 5.97 Å². The highest BCUT2D eigenvalue weighted by atomic mass is 19.1. The van der Waals surface area contributed by atoms with Crippen LogP contribution in [0.2, 0.25) is 0 Å². The average molecular weight is 309 g/mol. The summed E-state index contributed by atoms with van der Waals surface area (Å²) in [6, 6.07) is 2.90. The Morgan fingerprint density at radius 2 is 1.95 bits per heavy atom. The third kappa shape index (κ3) is 2.61. The minimum atomic E-state index is -0.843. The lowest BCUT2D eigenvalue weighted by Gasteiger charge is -2.41. The Labute approximate surface area is 128 Å². The van der Waals surface area contributed by atoms with Crippen LogP contribution in [-0.4, -0.2) is 36.6 Å². The normalized spacial score (nSPS) is 22.6. The summed E-state index contributed by atoms with van der Waals surface area (Å²) in [6.45, 7) is 3.25. The summed E-state index contributed by atoms with van der Waals surface area (Å²) in [6.07, 6.45) is 3.38. The molecule has 0 bridgehead atoms. The van der Waals surface area contributed by atoms with Gasteiger partial charge in [0.15, 0.2) is 5.79 Å². The van der Waals surface area contributed by atoms with Crippen molar-refractivity contribution in [2.75, 3.05) is 19.8 Å². The smallest absolute Gasteiger partial charge is 0.318 e. The molecule has 0 aromatic carbocycles. The molecule has 1 aliphatic heterocycles. The van der Waals surface area contributed by atoms with Gasteiger partial charge in [0.2, 0.25) is 0 Å². The van der Waals surface area contributed by atoms with Gasteiger partial charge in [0.1, 0.15) is 11.2 Å². The molecule has 22 heavy (non-hydrogen) atoms. The van der Waals surface area contributed by atoms with Crippen LogP contribution in [0.4, 0.5) is 4.39 Å². The van der Waals surface area contributed by atoms with Gasteiger partial charge in [0.05, 0.1) is 31.7 Å². The number of ether oxygens (including phenoxy) is 3. The molecule has 2 fully saturated rings. The molecule has 120 valence electrons. The van der Waals surface area contributed by atoms with E-state index in [-0.39, 0.29) is 5.97 Å². The van der Waals surface area contributed by atoms with Crippen molar-refractivity contribution in [3.05, 3.63) is 29.8 Å². The van der Waals surface area contributed by atoms with Crippen LogP contribution in [0.3, 0.4) is 0 Å². The van der Waals surface area contributed by atoms with E-state index in [1.165, 1.54) is 6.07 Å². The molecule has 1 saturated heterocycles. The summed E-state index contributed by atoms with van der Waals surface area (Å²) in [7, 11) is 0. The van der Waals surface area contributed by atoms with Crippen molar-refractivity contribution < 1.29 is 23.4 Å². The SMILES string of the molecule is CCOC(=O)C1(c2ccc(F)cn2)CCC2(CC1)OCCO2. The molecule has 5 nitrogen and oxygen atoms in total. The van der Waals surface area contributed by atoms with Gasteiger partial charge in [-0.3, -0.25) is 9.78 Å². The molecular formula is C16H20FNO4. The molecule has 0 radical (unpaired) electrons. The number of pyridine rings is 1. The number of carbonyl (C=O) groups is 1. The molecule has 0 atom stereocenters. The van der Waals surface area contributed by atoms with E-state index >= 15 is 0 Å². The molecule has 0 N–H and O–H groups in total. The summed E-state index contributed by atoms with van der Waals surface area (Å²) in [4.78, 5) is 16.7. The fourth-order valence-corrected chi connectivity index (χ4v) is 3.34. The maximum atomic E-state index is 13.1. The highest BCUT2D eigenvalue weighted by molar-refractivity contribution is 5.82. The Morgan fingerprint density at radius 1 is 1.27 bits per heavy atom. The van der Waals surface area contributed by atoms with Crippen LogP contribution >= 0.6 is 0 Å². The van der Waals surface area contributed by atoms with Crippen molar-refractivity contribution in [1.82, 2.24) is 4.98 Å². The average Bonchev–Trinajstić information content (AvgIpc) is 2.98. The summed E-state index contributed by atoms with van der Waals surface area (Å²) < 4.78 is 29.8. The highest BCUT2D eigenvalue weighted by Gasteiger charge is 2.52. The Balaban J connectivity index is 1.88. The van der Waals surface area contributed by atoms with Crippen LogP contribution in [0.15, 0.2) is 18.3 Å². The minimum Gasteiger partial charge on any atom is -0.465 e. The lowest BCUT2D eigenvalue weighted by atomic mass is 9.69. The quantitative estimate of drug-likeness (QED) is 0.802. The van der Waals surface area contributed by atoms with Crippen LogP contribution in [0, 0.1) is 5.82 Å². The fourth-order valence-electron chi connectivity index (χ4n) is 3.34. The van der Waals surface area contributed by atoms with Crippen LogP contribution < -0.4 is 0 Å². The molecule has 0 amide bonds. The Bertz CT molecular complexity index is 530. The zero-order valence-electron chi connectivity index (χ0n) is 12.6. The van der Waals surface area contributed by atoms with Crippen molar-refractivity contribution in [3.8, 4) is 0 Å². The number of aromatic nitrogens is 1. The van der Waals surface area contributed by atoms with Gasteiger partial charge in [-0.15, -0.1) is 0 Å². The maximum Gasteiger partial charge on any atom is 0.318 e. The van der Waals surface area contributed by atoms with Gasteiger partial charge in [-0.05, 0) is 31.9 Å². The zero-order valence-corrected chi connectivity index (χ0v) is 12.6. The first-order valence-corrected chi connectivity index (χ1v) is 7.67. The molecule has 1 aliphatic carbocycles. The zero-order chi connectivity index (χ0) is 15.6. The predicted octanol–water partition coefficient (Wildman–Crippen LogP) is 2.34. The van der Waals surface area contributed by atoms with Gasteiger partial charge in [-0.1, -0.05) is 0 Å². The maximum absolute atomic E-state index is 13.1. The number of hydrogen-bond acceptors (Lipinski definition) is 5. The Kier molecular flexibility index (Phi) is 4.14. The minimum absolute atomic E-state index is 0.304. The summed E-state index contributed by atoms with van der Waals surface area (Å²) >= 11 is 0. The molecule has 3 rings (SSSR count). The fraction of sp³-hybridized carbons (Fsp3) is 0.625. The molecule has 2 aliphatic rings. The first-order chi connectivity index (χ1) is 10.6. The van der Waals surface area contributed by atoms with Crippen molar-refractivity contribution in [3.63, 3.8) is 0 Å². The number of nitrogens with zero attached hydrogens (tertiary/aromatic N) is 1. The first-order valence-electron chi connectivity index (χ1n) is 7.67. The van der Waals surface area contributed by atoms with Crippen molar-refractivity contribution in [2.24, 2.45) is 0 Å². The molecular weight excluding hydrogens is 289 g/mol. The molecule has 1 saturated carbocycles. The van der Waals surface area contributed by atoms with Gasteiger partial charge in [0.25, 0.3) is 0 Å². The lowest BCUT2D eigenvalue weighted by Crippen LogP contribution is -2.47. The predicted molar refractivity (Wildman–Crippen MR) is 75.6 cm³/mol. The molecule has 0 unspecified atom stereocenters. The second-order valence-corrected chi connectivity index (χ2v) is 5.77. The standard InChI is InChI=1S/C16H20FNO4/c1-2-20-14(19)15(13-4-3-12(17)11-18-13)5-7-16(8-6-15)21-9-10-22-16/h3-4,11H,2,5-10H2,1H3. The summed E-state index contributed by atoms with van der Waals surface area (Å²) in [5.74, 6) is -1.30. The van der Waals surface area contributed by atoms with E-state index in [4.69, 9.17) is 14.2 Å². The number of hydrogen-bond donors (Lipinski definition) is 0. The summed E-state index contributed by atoms with van der Waals surface area (Å²) in [5, 5.41) is 0. The van der Waals surface area contributed by atoms with Gasteiger partial charge in [-0.25, -0.2) is 4.39 Å². The topological polar surface area (TPSA) is 57.7 Å². The van der Waals surface area contributed by atoms with Crippen LogP contribution in [-0.2, 0) is 24.4 Å². The monoisotopic (exact) mass is 309 g/mol. The van der Waals surface area contributed by atoms with E-state index in [9.17, 15) is 9.18 Å². The third-order valence-corrected chi connectivity index (χ3v) is 4.56. The number of halogens is 1. The second-order valence-electron chi connectivity index (χ2n) is 5.77. The Hall–Kier alpha value is -1.53. The highest BCUT2D eigenvalue weighted by Crippen LogP contribution is 2.46. The molecule has 1 aromatic heterocycles. The number of rotatable bonds is 3. The van der Waals surface area contributed by atoms with Gasteiger partial charge in [-0.2, -0.15) is 0 Å². The number of carbonyl (C=O) groups excluding carboxylic acids is 1. The van der Waals surface area contributed by atoms with Gasteiger partial charge >= 0.3 is 5.97 Å². The molecule has 6 heteroatoms. The molecule has 1 spiro atoms. The van der Waals surface area contributed by atoms with E-state index in [1.54, 1.807) is 13.0 Å². The van der Waals surface area contributed by atoms with E-state index < -0.39 is 17.0 Å². The van der Waals surface area contributed by atoms with Gasteiger partial charge < -0.3 is 14.2 Å². The second kappa shape index (κ2) is 5.93. The van der Waals surface area contributed by atoms with E-state index in [2.05, 4.69) is 4.98 Å². The van der Waals surface area contributed by atoms with E-state index in [1.807, 2.05) is 0 Å². The third-order valence-electron chi connectivity index (χ3n) is 4.56. The summed E-state index contributed by atoms with van der Waals surface area (Å²) in [5.41, 5.74) is -0.287. The first kappa shape index (κ1) is 15.4. The number of esters is 1. The van der Waals surface area contributed by atoms with Crippen LogP contribution in [0.5, 0.6) is 0 Å². The largest absolute Gasteiger partial charge is 0.465 e. The van der Waals surface area contributed by atoms with Crippen LogP contribution in [0.1, 0.15) is 38.3 Å². The van der Waals surface area contributed by atoms with E-state index in [0.29, 0.717) is 51.2 Å². The van der Waals surface area contributed by atoms with Crippen LogP contribution in [0.25, 0.3) is 0 Å². The van der Waals surface area contributed by atoms with Gasteiger partial charge in [0, 0.05) is 12.8 Å².